The first-order valence-corrected chi connectivity index (χ1v) is 5.85. The number of nitrogens with two attached hydrogens (primary N) is 1. The Hall–Kier alpha value is -1.89. The van der Waals surface area contributed by atoms with Gasteiger partial charge in [-0.05, 0) is 41.1 Å². The number of carbonyl (C=O) groups is 1. The molecule has 0 fully saturated rings. The van der Waals surface area contributed by atoms with Gasteiger partial charge in [0.05, 0.1) is 16.9 Å². The summed E-state index contributed by atoms with van der Waals surface area (Å²) in [4.78, 5) is 11.9. The molecule has 1 aromatic heterocycles. The van der Waals surface area contributed by atoms with Crippen LogP contribution in [-0.4, -0.2) is 16.1 Å². The third-order valence-electron chi connectivity index (χ3n) is 2.40. The molecule has 0 saturated carbocycles. The van der Waals surface area contributed by atoms with Crippen molar-refractivity contribution in [3.05, 3.63) is 39.7 Å². The number of hydrogen-bond donors (Lipinski definition) is 3. The van der Waals surface area contributed by atoms with Gasteiger partial charge in [-0.3, -0.25) is 9.89 Å². The SMILES string of the molecule is Cc1[nH]nc(NC(=O)c2ccc(F)cc2Br)c1N. The molecule has 1 heterocycles. The van der Waals surface area contributed by atoms with Gasteiger partial charge in [0.1, 0.15) is 5.82 Å². The number of aromatic nitrogens is 2. The van der Waals surface area contributed by atoms with Crippen molar-refractivity contribution in [2.24, 2.45) is 0 Å². The predicted octanol–water partition coefficient (Wildman–Crippen LogP) is 2.45. The van der Waals surface area contributed by atoms with Crippen LogP contribution in [0.3, 0.4) is 0 Å². The van der Waals surface area contributed by atoms with E-state index < -0.39 is 11.7 Å². The summed E-state index contributed by atoms with van der Waals surface area (Å²) < 4.78 is 13.3. The molecule has 0 radical (unpaired) electrons. The highest BCUT2D eigenvalue weighted by atomic mass is 79.9. The fourth-order valence-electron chi connectivity index (χ4n) is 1.38. The molecule has 94 valence electrons. The third-order valence-corrected chi connectivity index (χ3v) is 3.06. The zero-order chi connectivity index (χ0) is 13.3. The number of carbonyl (C=O) groups excluding carboxylic acids is 1. The maximum absolute atomic E-state index is 12.9. The number of nitrogens with one attached hydrogen (secondary N) is 2. The number of amides is 1. The van der Waals surface area contributed by atoms with Crippen LogP contribution in [0.15, 0.2) is 22.7 Å². The molecule has 0 aliphatic carbocycles. The standard InChI is InChI=1S/C11H10BrFN4O/c1-5-9(14)10(17-16-5)15-11(18)7-3-2-6(13)4-8(7)12/h2-4H,14H2,1H3,(H2,15,16,17,18). The molecule has 0 bridgehead atoms. The summed E-state index contributed by atoms with van der Waals surface area (Å²) in [6, 6.07) is 3.80. The van der Waals surface area contributed by atoms with Crippen LogP contribution < -0.4 is 11.1 Å². The number of aryl methyl sites for hydroxylation is 1. The van der Waals surface area contributed by atoms with Gasteiger partial charge in [0.25, 0.3) is 5.91 Å². The van der Waals surface area contributed by atoms with Gasteiger partial charge in [-0.25, -0.2) is 4.39 Å². The second kappa shape index (κ2) is 4.77. The van der Waals surface area contributed by atoms with E-state index in [0.29, 0.717) is 21.4 Å². The zero-order valence-electron chi connectivity index (χ0n) is 9.42. The number of halogens is 2. The summed E-state index contributed by atoms with van der Waals surface area (Å²) in [6.07, 6.45) is 0. The lowest BCUT2D eigenvalue weighted by Crippen LogP contribution is -2.14. The van der Waals surface area contributed by atoms with Crippen molar-refractivity contribution in [2.45, 2.75) is 6.92 Å². The Kier molecular flexibility index (Phi) is 3.33. The number of anilines is 2. The second-order valence-electron chi connectivity index (χ2n) is 3.69. The second-order valence-corrected chi connectivity index (χ2v) is 4.54. The number of nitrogens with zero attached hydrogens (tertiary/aromatic N) is 1. The number of aromatic amines is 1. The van der Waals surface area contributed by atoms with Crippen LogP contribution in [0.25, 0.3) is 0 Å². The highest BCUT2D eigenvalue weighted by molar-refractivity contribution is 9.10. The molecule has 18 heavy (non-hydrogen) atoms. The Balaban J connectivity index is 2.25. The predicted molar refractivity (Wildman–Crippen MR) is 69.8 cm³/mol. The monoisotopic (exact) mass is 312 g/mol. The Bertz CT molecular complexity index is 611. The first-order valence-electron chi connectivity index (χ1n) is 5.06. The molecule has 2 rings (SSSR count). The van der Waals surface area contributed by atoms with E-state index >= 15 is 0 Å². The highest BCUT2D eigenvalue weighted by Gasteiger charge is 2.14. The summed E-state index contributed by atoms with van der Waals surface area (Å²) in [5.74, 6) is -0.581. The van der Waals surface area contributed by atoms with Crippen molar-refractivity contribution in [1.82, 2.24) is 10.2 Å². The molecule has 0 atom stereocenters. The lowest BCUT2D eigenvalue weighted by atomic mass is 10.2. The van der Waals surface area contributed by atoms with E-state index in [1.165, 1.54) is 18.2 Å². The minimum absolute atomic E-state index is 0.258. The van der Waals surface area contributed by atoms with Crippen LogP contribution in [0.1, 0.15) is 16.1 Å². The van der Waals surface area contributed by atoms with E-state index in [0.717, 1.165) is 0 Å². The Morgan fingerprint density at radius 2 is 2.28 bits per heavy atom. The van der Waals surface area contributed by atoms with Crippen molar-refractivity contribution in [2.75, 3.05) is 11.1 Å². The van der Waals surface area contributed by atoms with E-state index in [-0.39, 0.29) is 5.82 Å². The van der Waals surface area contributed by atoms with Gasteiger partial charge < -0.3 is 11.1 Å². The van der Waals surface area contributed by atoms with E-state index in [2.05, 4.69) is 31.4 Å². The molecule has 7 heteroatoms. The van der Waals surface area contributed by atoms with Crippen molar-refractivity contribution in [3.63, 3.8) is 0 Å². The van der Waals surface area contributed by atoms with Gasteiger partial charge in [0, 0.05) is 4.47 Å². The first-order chi connectivity index (χ1) is 8.49. The van der Waals surface area contributed by atoms with E-state index in [9.17, 15) is 9.18 Å². The van der Waals surface area contributed by atoms with E-state index in [4.69, 9.17) is 5.73 Å². The average Bonchev–Trinajstić information content (AvgIpc) is 2.61. The van der Waals surface area contributed by atoms with Gasteiger partial charge in [-0.2, -0.15) is 5.10 Å². The lowest BCUT2D eigenvalue weighted by molar-refractivity contribution is 0.102. The summed E-state index contributed by atoms with van der Waals surface area (Å²) in [7, 11) is 0. The van der Waals surface area contributed by atoms with E-state index in [1.807, 2.05) is 0 Å². The largest absolute Gasteiger partial charge is 0.394 e. The summed E-state index contributed by atoms with van der Waals surface area (Å²) in [5.41, 5.74) is 7.06. The molecule has 4 N–H and O–H groups in total. The van der Waals surface area contributed by atoms with Gasteiger partial charge in [-0.1, -0.05) is 0 Å². The van der Waals surface area contributed by atoms with Gasteiger partial charge in [0.15, 0.2) is 5.82 Å². The molecule has 0 unspecified atom stereocenters. The minimum Gasteiger partial charge on any atom is -0.394 e. The minimum atomic E-state index is -0.423. The molecule has 5 nitrogen and oxygen atoms in total. The van der Waals surface area contributed by atoms with Gasteiger partial charge in [-0.15, -0.1) is 0 Å². The maximum Gasteiger partial charge on any atom is 0.258 e. The molecule has 1 amide bonds. The van der Waals surface area contributed by atoms with Crippen molar-refractivity contribution < 1.29 is 9.18 Å². The first kappa shape index (κ1) is 12.6. The van der Waals surface area contributed by atoms with Crippen molar-refractivity contribution >= 4 is 33.3 Å². The lowest BCUT2D eigenvalue weighted by Gasteiger charge is -2.05. The third kappa shape index (κ3) is 2.35. The fourth-order valence-corrected chi connectivity index (χ4v) is 1.91. The molecule has 2 aromatic rings. The van der Waals surface area contributed by atoms with E-state index in [1.54, 1.807) is 6.92 Å². The summed E-state index contributed by atoms with van der Waals surface area (Å²) in [6.45, 7) is 1.74. The normalized spacial score (nSPS) is 10.4. The smallest absolute Gasteiger partial charge is 0.258 e. The molecule has 0 aliphatic heterocycles. The Labute approximate surface area is 111 Å². The van der Waals surface area contributed by atoms with Crippen LogP contribution in [0.4, 0.5) is 15.9 Å². The highest BCUT2D eigenvalue weighted by Crippen LogP contribution is 2.22. The Morgan fingerprint density at radius 3 is 2.83 bits per heavy atom. The fraction of sp³-hybridized carbons (Fsp3) is 0.0909. The number of hydrogen-bond acceptors (Lipinski definition) is 3. The van der Waals surface area contributed by atoms with Crippen LogP contribution >= 0.6 is 15.9 Å². The molecular weight excluding hydrogens is 303 g/mol. The van der Waals surface area contributed by atoms with Crippen LogP contribution in [0.5, 0.6) is 0 Å². The van der Waals surface area contributed by atoms with Gasteiger partial charge >= 0.3 is 0 Å². The van der Waals surface area contributed by atoms with Crippen LogP contribution in [0, 0.1) is 12.7 Å². The summed E-state index contributed by atoms with van der Waals surface area (Å²) in [5, 5.41) is 9.06. The number of nitrogen functional groups attached to an aromatic ring is 1. The molecule has 0 saturated heterocycles. The molecule has 1 aromatic carbocycles. The number of H-pyrrole nitrogens is 1. The van der Waals surface area contributed by atoms with Crippen molar-refractivity contribution in [3.8, 4) is 0 Å². The average molecular weight is 313 g/mol. The van der Waals surface area contributed by atoms with Crippen LogP contribution in [-0.2, 0) is 0 Å². The quantitative estimate of drug-likeness (QED) is 0.796. The van der Waals surface area contributed by atoms with Crippen molar-refractivity contribution in [1.29, 1.82) is 0 Å². The topological polar surface area (TPSA) is 83.8 Å². The van der Waals surface area contributed by atoms with Crippen LogP contribution in [0.2, 0.25) is 0 Å². The molecule has 0 aliphatic rings. The summed E-state index contributed by atoms with van der Waals surface area (Å²) >= 11 is 3.12. The molecule has 0 spiro atoms. The number of benzene rings is 1. The number of rotatable bonds is 2. The maximum atomic E-state index is 12.9. The Morgan fingerprint density at radius 1 is 1.56 bits per heavy atom. The zero-order valence-corrected chi connectivity index (χ0v) is 11.0. The van der Waals surface area contributed by atoms with Gasteiger partial charge in [0.2, 0.25) is 0 Å². The molecular formula is C11H10BrFN4O.